The molecule has 0 aliphatic rings. The van der Waals surface area contributed by atoms with Crippen molar-refractivity contribution in [2.24, 2.45) is 0 Å². The number of rotatable bonds is 5. The molecular formula is C17H15N3O3S. The average molecular weight is 341 g/mol. The molecule has 0 amide bonds. The van der Waals surface area contributed by atoms with Crippen LogP contribution in [0, 0.1) is 24.0 Å². The number of hydrogen-bond acceptors (Lipinski definition) is 6. The highest BCUT2D eigenvalue weighted by atomic mass is 32.2. The van der Waals surface area contributed by atoms with Crippen LogP contribution in [-0.4, -0.2) is 15.1 Å². The normalized spacial score (nSPS) is 10.8. The summed E-state index contributed by atoms with van der Waals surface area (Å²) < 4.78 is 5.26. The van der Waals surface area contributed by atoms with E-state index in [2.05, 4.69) is 42.2 Å². The molecule has 2 aromatic carbocycles. The first-order chi connectivity index (χ1) is 11.5. The van der Waals surface area contributed by atoms with Crippen molar-refractivity contribution >= 4 is 17.4 Å². The van der Waals surface area contributed by atoms with Gasteiger partial charge in [-0.1, -0.05) is 11.2 Å². The number of nitro benzene ring substituents is 1. The van der Waals surface area contributed by atoms with Crippen LogP contribution in [0.1, 0.15) is 17.0 Å². The minimum atomic E-state index is -0.439. The maximum atomic E-state index is 10.7. The minimum absolute atomic E-state index is 0.0350. The molecule has 0 saturated carbocycles. The second kappa shape index (κ2) is 6.84. The molecule has 7 heteroatoms. The molecule has 0 radical (unpaired) electrons. The van der Waals surface area contributed by atoms with E-state index in [1.165, 1.54) is 23.3 Å². The molecule has 122 valence electrons. The minimum Gasteiger partial charge on any atom is -0.338 e. The molecule has 0 spiro atoms. The van der Waals surface area contributed by atoms with E-state index in [0.717, 1.165) is 4.90 Å². The Kier molecular flexibility index (Phi) is 4.61. The van der Waals surface area contributed by atoms with E-state index < -0.39 is 4.92 Å². The summed E-state index contributed by atoms with van der Waals surface area (Å²) in [7, 11) is 0. The smallest absolute Gasteiger partial charge is 0.269 e. The van der Waals surface area contributed by atoms with E-state index in [1.807, 2.05) is 0 Å². The van der Waals surface area contributed by atoms with E-state index in [0.29, 0.717) is 23.0 Å². The standard InChI is InChI=1S/C17H15N3O3S/c1-11-3-8-15(9-12(11)2)24-10-16-18-17(19-23-16)13-4-6-14(7-5-13)20(21)22/h3-9H,10H2,1-2H3. The van der Waals surface area contributed by atoms with Gasteiger partial charge in [0.25, 0.3) is 5.69 Å². The van der Waals surface area contributed by atoms with Crippen LogP contribution < -0.4 is 0 Å². The molecule has 0 atom stereocenters. The van der Waals surface area contributed by atoms with Crippen molar-refractivity contribution in [3.8, 4) is 11.4 Å². The van der Waals surface area contributed by atoms with Crippen molar-refractivity contribution in [1.82, 2.24) is 10.1 Å². The van der Waals surface area contributed by atoms with E-state index >= 15 is 0 Å². The molecule has 0 saturated heterocycles. The Balaban J connectivity index is 1.68. The van der Waals surface area contributed by atoms with Gasteiger partial charge in [-0.2, -0.15) is 4.98 Å². The lowest BCUT2D eigenvalue weighted by molar-refractivity contribution is -0.384. The van der Waals surface area contributed by atoms with Crippen LogP contribution >= 0.6 is 11.8 Å². The molecule has 0 unspecified atom stereocenters. The summed E-state index contributed by atoms with van der Waals surface area (Å²) in [5, 5.41) is 14.6. The van der Waals surface area contributed by atoms with Crippen molar-refractivity contribution in [3.63, 3.8) is 0 Å². The number of hydrogen-bond donors (Lipinski definition) is 0. The summed E-state index contributed by atoms with van der Waals surface area (Å²) >= 11 is 1.63. The third-order valence-corrected chi connectivity index (χ3v) is 4.62. The Bertz CT molecular complexity index is 875. The summed E-state index contributed by atoms with van der Waals surface area (Å²) in [5.74, 6) is 1.52. The van der Waals surface area contributed by atoms with Crippen LogP contribution in [0.4, 0.5) is 5.69 Å². The summed E-state index contributed by atoms with van der Waals surface area (Å²) in [5.41, 5.74) is 3.23. The number of aryl methyl sites for hydroxylation is 2. The summed E-state index contributed by atoms with van der Waals surface area (Å²) in [6.07, 6.45) is 0. The number of non-ortho nitro benzene ring substituents is 1. The highest BCUT2D eigenvalue weighted by molar-refractivity contribution is 7.98. The zero-order valence-corrected chi connectivity index (χ0v) is 14.0. The number of nitrogens with zero attached hydrogens (tertiary/aromatic N) is 3. The van der Waals surface area contributed by atoms with Crippen LogP contribution in [0.3, 0.4) is 0 Å². The maximum absolute atomic E-state index is 10.7. The van der Waals surface area contributed by atoms with Gasteiger partial charge < -0.3 is 4.52 Å². The van der Waals surface area contributed by atoms with E-state index in [1.54, 1.807) is 23.9 Å². The van der Waals surface area contributed by atoms with E-state index in [-0.39, 0.29) is 5.69 Å². The molecule has 24 heavy (non-hydrogen) atoms. The quantitative estimate of drug-likeness (QED) is 0.384. The highest BCUT2D eigenvalue weighted by Crippen LogP contribution is 2.26. The van der Waals surface area contributed by atoms with Crippen molar-refractivity contribution in [2.45, 2.75) is 24.5 Å². The van der Waals surface area contributed by atoms with Crippen LogP contribution in [-0.2, 0) is 5.75 Å². The topological polar surface area (TPSA) is 82.1 Å². The fourth-order valence-electron chi connectivity index (χ4n) is 2.11. The first-order valence-corrected chi connectivity index (χ1v) is 8.29. The van der Waals surface area contributed by atoms with Gasteiger partial charge in [-0.15, -0.1) is 11.8 Å². The number of nitro groups is 1. The second-order valence-electron chi connectivity index (χ2n) is 5.35. The van der Waals surface area contributed by atoms with Crippen LogP contribution in [0.2, 0.25) is 0 Å². The number of thioether (sulfide) groups is 1. The van der Waals surface area contributed by atoms with Gasteiger partial charge in [0.05, 0.1) is 10.7 Å². The number of aromatic nitrogens is 2. The molecular weight excluding hydrogens is 326 g/mol. The van der Waals surface area contributed by atoms with Gasteiger partial charge in [0.15, 0.2) is 0 Å². The number of benzene rings is 2. The van der Waals surface area contributed by atoms with Gasteiger partial charge in [-0.3, -0.25) is 10.1 Å². The van der Waals surface area contributed by atoms with Gasteiger partial charge in [0, 0.05) is 22.6 Å². The largest absolute Gasteiger partial charge is 0.338 e. The lowest BCUT2D eigenvalue weighted by Crippen LogP contribution is -1.88. The van der Waals surface area contributed by atoms with E-state index in [4.69, 9.17) is 4.52 Å². The van der Waals surface area contributed by atoms with E-state index in [9.17, 15) is 10.1 Å². The van der Waals surface area contributed by atoms with Crippen molar-refractivity contribution in [1.29, 1.82) is 0 Å². The second-order valence-corrected chi connectivity index (χ2v) is 6.40. The van der Waals surface area contributed by atoms with Gasteiger partial charge in [0.2, 0.25) is 11.7 Å². The van der Waals surface area contributed by atoms with Crippen LogP contribution in [0.25, 0.3) is 11.4 Å². The zero-order chi connectivity index (χ0) is 17.1. The molecule has 0 N–H and O–H groups in total. The zero-order valence-electron chi connectivity index (χ0n) is 13.2. The lowest BCUT2D eigenvalue weighted by atomic mass is 10.1. The van der Waals surface area contributed by atoms with Gasteiger partial charge in [0.1, 0.15) is 0 Å². The summed E-state index contributed by atoms with van der Waals surface area (Å²) in [6.45, 7) is 4.16. The molecule has 0 aliphatic carbocycles. The molecule has 1 aromatic heterocycles. The van der Waals surface area contributed by atoms with Gasteiger partial charge in [-0.25, -0.2) is 0 Å². The van der Waals surface area contributed by atoms with Gasteiger partial charge >= 0.3 is 0 Å². The fourth-order valence-corrected chi connectivity index (χ4v) is 2.94. The Morgan fingerprint density at radius 3 is 2.54 bits per heavy atom. The maximum Gasteiger partial charge on any atom is 0.269 e. The first kappa shape index (κ1) is 16.2. The summed E-state index contributed by atoms with van der Waals surface area (Å²) in [4.78, 5) is 15.7. The summed E-state index contributed by atoms with van der Waals surface area (Å²) in [6, 6.07) is 12.4. The predicted octanol–water partition coefficient (Wildman–Crippen LogP) is 4.55. The SMILES string of the molecule is Cc1ccc(SCc2nc(-c3ccc([N+](=O)[O-])cc3)no2)cc1C. The molecule has 6 nitrogen and oxygen atoms in total. The first-order valence-electron chi connectivity index (χ1n) is 7.30. The van der Waals surface area contributed by atoms with Crippen LogP contribution in [0.15, 0.2) is 51.9 Å². The van der Waals surface area contributed by atoms with Crippen molar-refractivity contribution in [2.75, 3.05) is 0 Å². The molecule has 0 fully saturated rings. The molecule has 1 heterocycles. The predicted molar refractivity (Wildman–Crippen MR) is 91.9 cm³/mol. The Hall–Kier alpha value is -2.67. The van der Waals surface area contributed by atoms with Crippen molar-refractivity contribution < 1.29 is 9.45 Å². The Morgan fingerprint density at radius 1 is 1.12 bits per heavy atom. The highest BCUT2D eigenvalue weighted by Gasteiger charge is 2.11. The molecule has 3 aromatic rings. The molecule has 3 rings (SSSR count). The molecule has 0 aliphatic heterocycles. The fraction of sp³-hybridized carbons (Fsp3) is 0.176. The van der Waals surface area contributed by atoms with Gasteiger partial charge in [-0.05, 0) is 49.2 Å². The average Bonchev–Trinajstić information content (AvgIpc) is 3.05. The Morgan fingerprint density at radius 2 is 1.88 bits per heavy atom. The van der Waals surface area contributed by atoms with Crippen molar-refractivity contribution in [3.05, 3.63) is 69.6 Å². The monoisotopic (exact) mass is 341 g/mol. The van der Waals surface area contributed by atoms with Crippen LogP contribution in [0.5, 0.6) is 0 Å². The third-order valence-electron chi connectivity index (χ3n) is 3.65. The lowest BCUT2D eigenvalue weighted by Gasteiger charge is -2.03. The Labute approximate surface area is 143 Å². The molecule has 0 bridgehead atoms. The third kappa shape index (κ3) is 3.62.